The second-order valence-corrected chi connectivity index (χ2v) is 4.45. The molecule has 0 saturated heterocycles. The fourth-order valence-corrected chi connectivity index (χ4v) is 2.44. The molecule has 0 aliphatic carbocycles. The highest BCUT2D eigenvalue weighted by Crippen LogP contribution is 2.37. The summed E-state index contributed by atoms with van der Waals surface area (Å²) in [6.45, 7) is 0. The SMILES string of the molecule is COc1cccc2cccc(-c3ccccc3N)c12. The number of fused-ring (bicyclic) bond motifs is 1. The molecule has 2 nitrogen and oxygen atoms in total. The summed E-state index contributed by atoms with van der Waals surface area (Å²) in [7, 11) is 1.69. The topological polar surface area (TPSA) is 35.2 Å². The molecule has 3 aromatic rings. The lowest BCUT2D eigenvalue weighted by Crippen LogP contribution is -1.92. The largest absolute Gasteiger partial charge is 0.496 e. The number of hydrogen-bond donors (Lipinski definition) is 1. The molecule has 94 valence electrons. The van der Waals surface area contributed by atoms with Crippen LogP contribution in [0.25, 0.3) is 21.9 Å². The van der Waals surface area contributed by atoms with Gasteiger partial charge in [0, 0.05) is 16.6 Å². The molecule has 0 bridgehead atoms. The fraction of sp³-hybridized carbons (Fsp3) is 0.0588. The number of anilines is 1. The van der Waals surface area contributed by atoms with Crippen molar-refractivity contribution in [3.05, 3.63) is 60.7 Å². The Hall–Kier alpha value is -2.48. The molecule has 2 N–H and O–H groups in total. The smallest absolute Gasteiger partial charge is 0.127 e. The number of nitrogens with two attached hydrogens (primary N) is 1. The summed E-state index contributed by atoms with van der Waals surface area (Å²) < 4.78 is 5.49. The van der Waals surface area contributed by atoms with E-state index >= 15 is 0 Å². The van der Waals surface area contributed by atoms with Crippen LogP contribution >= 0.6 is 0 Å². The molecule has 0 radical (unpaired) electrons. The molecule has 0 saturated carbocycles. The first-order valence-corrected chi connectivity index (χ1v) is 6.22. The number of hydrogen-bond acceptors (Lipinski definition) is 2. The van der Waals surface area contributed by atoms with E-state index in [2.05, 4.69) is 18.2 Å². The monoisotopic (exact) mass is 249 g/mol. The Balaban J connectivity index is 2.39. The number of para-hydroxylation sites is 1. The Kier molecular flexibility index (Phi) is 2.84. The summed E-state index contributed by atoms with van der Waals surface area (Å²) in [5, 5.41) is 2.26. The van der Waals surface area contributed by atoms with Gasteiger partial charge in [-0.05, 0) is 23.1 Å². The number of rotatable bonds is 2. The average Bonchev–Trinajstić information content (AvgIpc) is 2.46. The van der Waals surface area contributed by atoms with E-state index in [9.17, 15) is 0 Å². The van der Waals surface area contributed by atoms with Crippen molar-refractivity contribution in [1.29, 1.82) is 0 Å². The van der Waals surface area contributed by atoms with Crippen LogP contribution in [-0.2, 0) is 0 Å². The van der Waals surface area contributed by atoms with E-state index in [0.29, 0.717) is 0 Å². The zero-order valence-electron chi connectivity index (χ0n) is 10.8. The van der Waals surface area contributed by atoms with Crippen LogP contribution in [0.4, 0.5) is 5.69 Å². The van der Waals surface area contributed by atoms with Gasteiger partial charge in [0.15, 0.2) is 0 Å². The van der Waals surface area contributed by atoms with Crippen LogP contribution in [0.2, 0.25) is 0 Å². The molecule has 0 aliphatic heterocycles. The maximum Gasteiger partial charge on any atom is 0.127 e. The summed E-state index contributed by atoms with van der Waals surface area (Å²) in [6, 6.07) is 20.2. The van der Waals surface area contributed by atoms with Crippen LogP contribution in [0.15, 0.2) is 60.7 Å². The van der Waals surface area contributed by atoms with E-state index in [1.807, 2.05) is 42.5 Å². The summed E-state index contributed by atoms with van der Waals surface area (Å²) in [5.74, 6) is 0.872. The second kappa shape index (κ2) is 4.65. The highest BCUT2D eigenvalue weighted by molar-refractivity contribution is 6.02. The Morgan fingerprint density at radius 2 is 1.47 bits per heavy atom. The standard InChI is InChI=1S/C17H15NO/c1-19-16-11-5-7-12-6-4-9-14(17(12)16)13-8-2-3-10-15(13)18/h2-11H,18H2,1H3. The van der Waals surface area contributed by atoms with Gasteiger partial charge in [0.1, 0.15) is 5.75 Å². The van der Waals surface area contributed by atoms with Crippen LogP contribution in [0, 0.1) is 0 Å². The molecule has 0 atom stereocenters. The Labute approximate surface area is 112 Å². The third-order valence-electron chi connectivity index (χ3n) is 3.34. The van der Waals surface area contributed by atoms with Gasteiger partial charge in [-0.3, -0.25) is 0 Å². The third kappa shape index (κ3) is 1.91. The van der Waals surface area contributed by atoms with E-state index < -0.39 is 0 Å². The first kappa shape index (κ1) is 11.6. The Morgan fingerprint density at radius 1 is 0.789 bits per heavy atom. The van der Waals surface area contributed by atoms with Gasteiger partial charge in [0.05, 0.1) is 7.11 Å². The summed E-state index contributed by atoms with van der Waals surface area (Å²) in [5.41, 5.74) is 9.02. The van der Waals surface area contributed by atoms with Crippen LogP contribution in [-0.4, -0.2) is 7.11 Å². The highest BCUT2D eigenvalue weighted by Gasteiger charge is 2.10. The highest BCUT2D eigenvalue weighted by atomic mass is 16.5. The van der Waals surface area contributed by atoms with Crippen molar-refractivity contribution in [3.63, 3.8) is 0 Å². The fourth-order valence-electron chi connectivity index (χ4n) is 2.44. The molecule has 3 rings (SSSR count). The zero-order valence-corrected chi connectivity index (χ0v) is 10.8. The molecule has 3 aromatic carbocycles. The summed E-state index contributed by atoms with van der Waals surface area (Å²) >= 11 is 0. The van der Waals surface area contributed by atoms with Gasteiger partial charge in [-0.15, -0.1) is 0 Å². The molecule has 0 spiro atoms. The number of nitrogen functional groups attached to an aromatic ring is 1. The van der Waals surface area contributed by atoms with Gasteiger partial charge < -0.3 is 10.5 Å². The third-order valence-corrected chi connectivity index (χ3v) is 3.34. The minimum Gasteiger partial charge on any atom is -0.496 e. The predicted molar refractivity (Wildman–Crippen MR) is 80.3 cm³/mol. The van der Waals surface area contributed by atoms with E-state index in [1.165, 1.54) is 0 Å². The lowest BCUT2D eigenvalue weighted by molar-refractivity contribution is 0.420. The first-order valence-electron chi connectivity index (χ1n) is 6.22. The molecular weight excluding hydrogens is 234 g/mol. The van der Waals surface area contributed by atoms with Crippen molar-refractivity contribution < 1.29 is 4.74 Å². The molecule has 0 unspecified atom stereocenters. The quantitative estimate of drug-likeness (QED) is 0.694. The number of methoxy groups -OCH3 is 1. The summed E-state index contributed by atoms with van der Waals surface area (Å²) in [6.07, 6.45) is 0. The maximum absolute atomic E-state index is 6.09. The lowest BCUT2D eigenvalue weighted by Gasteiger charge is -2.12. The molecule has 0 aromatic heterocycles. The molecular formula is C17H15NO. The molecule has 0 amide bonds. The Morgan fingerprint density at radius 3 is 2.21 bits per heavy atom. The van der Waals surface area contributed by atoms with E-state index in [4.69, 9.17) is 10.5 Å². The maximum atomic E-state index is 6.09. The van der Waals surface area contributed by atoms with Gasteiger partial charge in [0.25, 0.3) is 0 Å². The van der Waals surface area contributed by atoms with Gasteiger partial charge in [-0.1, -0.05) is 48.5 Å². The lowest BCUT2D eigenvalue weighted by atomic mass is 9.96. The van der Waals surface area contributed by atoms with Gasteiger partial charge in [-0.2, -0.15) is 0 Å². The van der Waals surface area contributed by atoms with Gasteiger partial charge in [-0.25, -0.2) is 0 Å². The van der Waals surface area contributed by atoms with Gasteiger partial charge >= 0.3 is 0 Å². The molecule has 2 heteroatoms. The van der Waals surface area contributed by atoms with Crippen LogP contribution < -0.4 is 10.5 Å². The number of ether oxygens (including phenoxy) is 1. The van der Waals surface area contributed by atoms with E-state index in [0.717, 1.165) is 33.3 Å². The van der Waals surface area contributed by atoms with Crippen molar-refractivity contribution >= 4 is 16.5 Å². The van der Waals surface area contributed by atoms with Crippen molar-refractivity contribution in [2.75, 3.05) is 12.8 Å². The van der Waals surface area contributed by atoms with E-state index in [-0.39, 0.29) is 0 Å². The van der Waals surface area contributed by atoms with Crippen LogP contribution in [0.3, 0.4) is 0 Å². The molecule has 0 aliphatic rings. The zero-order chi connectivity index (χ0) is 13.2. The normalized spacial score (nSPS) is 10.6. The van der Waals surface area contributed by atoms with Crippen LogP contribution in [0.5, 0.6) is 5.75 Å². The van der Waals surface area contributed by atoms with Crippen LogP contribution in [0.1, 0.15) is 0 Å². The minimum absolute atomic E-state index is 0.779. The first-order chi connectivity index (χ1) is 9.31. The Bertz CT molecular complexity index is 729. The van der Waals surface area contributed by atoms with Crippen molar-refractivity contribution in [1.82, 2.24) is 0 Å². The molecule has 0 heterocycles. The van der Waals surface area contributed by atoms with E-state index in [1.54, 1.807) is 7.11 Å². The van der Waals surface area contributed by atoms with Gasteiger partial charge in [0.2, 0.25) is 0 Å². The van der Waals surface area contributed by atoms with Crippen molar-refractivity contribution in [3.8, 4) is 16.9 Å². The average molecular weight is 249 g/mol. The van der Waals surface area contributed by atoms with Crippen molar-refractivity contribution in [2.24, 2.45) is 0 Å². The summed E-state index contributed by atoms with van der Waals surface area (Å²) in [4.78, 5) is 0. The molecule has 19 heavy (non-hydrogen) atoms. The second-order valence-electron chi connectivity index (χ2n) is 4.45. The predicted octanol–water partition coefficient (Wildman–Crippen LogP) is 4.10. The van der Waals surface area contributed by atoms with Crippen molar-refractivity contribution in [2.45, 2.75) is 0 Å². The number of benzene rings is 3. The molecule has 0 fully saturated rings. The minimum atomic E-state index is 0.779.